The zero-order valence-electron chi connectivity index (χ0n) is 28.3. The fourth-order valence-electron chi connectivity index (χ4n) is 8.30. The van der Waals surface area contributed by atoms with Gasteiger partial charge in [0.1, 0.15) is 0 Å². The van der Waals surface area contributed by atoms with Crippen molar-refractivity contribution in [3.05, 3.63) is 188 Å². The lowest BCUT2D eigenvalue weighted by molar-refractivity contribution is 1.30. The monoisotopic (exact) mass is 677 g/mol. The smallest absolute Gasteiger partial charge is 0.0468 e. The van der Waals surface area contributed by atoms with Gasteiger partial charge in [0, 0.05) is 37.2 Å². The van der Waals surface area contributed by atoms with E-state index in [-0.39, 0.29) is 0 Å². The van der Waals surface area contributed by atoms with E-state index in [2.05, 4.69) is 193 Å². The van der Waals surface area contributed by atoms with Gasteiger partial charge in [0.15, 0.2) is 0 Å². The van der Waals surface area contributed by atoms with Crippen molar-refractivity contribution in [1.29, 1.82) is 0 Å². The lowest BCUT2D eigenvalue weighted by Crippen LogP contribution is -2.09. The SMILES string of the molecule is c1ccc2c(c1)ccc1cc(N(c3ccc(-c4cc5ccccc5c5ccccc45)cc3)c3ccc4sc5c6ccccc6ccc5c4c3)ccc12. The highest BCUT2D eigenvalue weighted by Crippen LogP contribution is 2.44. The Kier molecular flexibility index (Phi) is 6.49. The fourth-order valence-corrected chi connectivity index (χ4v) is 9.52. The summed E-state index contributed by atoms with van der Waals surface area (Å²) >= 11 is 1.89. The van der Waals surface area contributed by atoms with E-state index in [0.717, 1.165) is 17.1 Å². The summed E-state index contributed by atoms with van der Waals surface area (Å²) in [6.07, 6.45) is 0. The van der Waals surface area contributed by atoms with Gasteiger partial charge in [-0.15, -0.1) is 11.3 Å². The van der Waals surface area contributed by atoms with Gasteiger partial charge in [-0.05, 0) is 114 Å². The molecule has 0 saturated heterocycles. The minimum Gasteiger partial charge on any atom is -0.310 e. The van der Waals surface area contributed by atoms with Crippen LogP contribution >= 0.6 is 11.3 Å². The zero-order valence-corrected chi connectivity index (χ0v) is 29.1. The first kappa shape index (κ1) is 29.3. The van der Waals surface area contributed by atoms with E-state index in [1.54, 1.807) is 0 Å². The summed E-state index contributed by atoms with van der Waals surface area (Å²) in [7, 11) is 0. The maximum absolute atomic E-state index is 2.42. The van der Waals surface area contributed by atoms with Crippen LogP contribution < -0.4 is 4.90 Å². The Hall–Kier alpha value is -6.48. The molecule has 11 rings (SSSR count). The van der Waals surface area contributed by atoms with Crippen LogP contribution in [-0.2, 0) is 0 Å². The van der Waals surface area contributed by atoms with Gasteiger partial charge in [-0.2, -0.15) is 0 Å². The Morgan fingerprint density at radius 3 is 1.63 bits per heavy atom. The summed E-state index contributed by atoms with van der Waals surface area (Å²) in [5.41, 5.74) is 5.86. The quantitative estimate of drug-likeness (QED) is 0.168. The van der Waals surface area contributed by atoms with E-state index < -0.39 is 0 Å². The zero-order chi connectivity index (χ0) is 34.2. The molecule has 0 aliphatic rings. The van der Waals surface area contributed by atoms with E-state index in [1.165, 1.54) is 85.2 Å². The van der Waals surface area contributed by atoms with Gasteiger partial charge in [-0.1, -0.05) is 140 Å². The number of hydrogen-bond acceptors (Lipinski definition) is 2. The molecular formula is C50H31NS. The van der Waals surface area contributed by atoms with Gasteiger partial charge in [-0.3, -0.25) is 0 Å². The molecule has 1 nitrogen and oxygen atoms in total. The van der Waals surface area contributed by atoms with E-state index in [0.29, 0.717) is 0 Å². The highest BCUT2D eigenvalue weighted by Gasteiger charge is 2.17. The molecule has 10 aromatic carbocycles. The third kappa shape index (κ3) is 4.55. The second-order valence-corrected chi connectivity index (χ2v) is 14.8. The topological polar surface area (TPSA) is 3.24 Å². The predicted octanol–water partition coefficient (Wildman–Crippen LogP) is 15.0. The van der Waals surface area contributed by atoms with Crippen molar-refractivity contribution in [3.8, 4) is 11.1 Å². The average Bonchev–Trinajstić information content (AvgIpc) is 3.59. The minimum atomic E-state index is 1.12. The van der Waals surface area contributed by atoms with Gasteiger partial charge < -0.3 is 4.90 Å². The molecule has 0 atom stereocenters. The summed E-state index contributed by atoms with van der Waals surface area (Å²) in [6.45, 7) is 0. The van der Waals surface area contributed by atoms with Crippen molar-refractivity contribution in [1.82, 2.24) is 0 Å². The van der Waals surface area contributed by atoms with Crippen molar-refractivity contribution in [3.63, 3.8) is 0 Å². The van der Waals surface area contributed by atoms with Gasteiger partial charge in [-0.25, -0.2) is 0 Å². The van der Waals surface area contributed by atoms with Crippen LogP contribution in [0.4, 0.5) is 17.1 Å². The van der Waals surface area contributed by atoms with Crippen LogP contribution in [0.1, 0.15) is 0 Å². The van der Waals surface area contributed by atoms with E-state index in [9.17, 15) is 0 Å². The van der Waals surface area contributed by atoms with Crippen LogP contribution in [0.15, 0.2) is 188 Å². The molecule has 11 aromatic rings. The highest BCUT2D eigenvalue weighted by molar-refractivity contribution is 7.26. The predicted molar refractivity (Wildman–Crippen MR) is 227 cm³/mol. The molecule has 1 aromatic heterocycles. The van der Waals surface area contributed by atoms with E-state index in [1.807, 2.05) is 11.3 Å². The highest BCUT2D eigenvalue weighted by atomic mass is 32.1. The molecule has 52 heavy (non-hydrogen) atoms. The number of thiophene rings is 1. The number of nitrogens with zero attached hydrogens (tertiary/aromatic N) is 1. The summed E-state index contributed by atoms with van der Waals surface area (Å²) in [4.78, 5) is 2.42. The Morgan fingerprint density at radius 2 is 0.827 bits per heavy atom. The van der Waals surface area contributed by atoms with Crippen LogP contribution in [0.2, 0.25) is 0 Å². The molecule has 0 saturated carbocycles. The molecule has 2 heteroatoms. The molecule has 0 radical (unpaired) electrons. The van der Waals surface area contributed by atoms with Crippen LogP contribution in [0.3, 0.4) is 0 Å². The first-order valence-corrected chi connectivity index (χ1v) is 18.7. The summed E-state index contributed by atoms with van der Waals surface area (Å²) in [5.74, 6) is 0. The van der Waals surface area contributed by atoms with Crippen LogP contribution in [0, 0.1) is 0 Å². The van der Waals surface area contributed by atoms with Crippen molar-refractivity contribution < 1.29 is 0 Å². The normalized spacial score (nSPS) is 11.8. The lowest BCUT2D eigenvalue weighted by atomic mass is 9.93. The maximum Gasteiger partial charge on any atom is 0.0468 e. The second-order valence-electron chi connectivity index (χ2n) is 13.7. The standard InChI is InChI=1S/C50H31NS/c1-4-12-40-32(9-1)17-18-36-29-38(24-27-42(36)40)51(39-25-28-49-48(31-39)46-26-21-33-10-2-6-14-43(33)50(46)52-49)37-22-19-34(20-23-37)47-30-35-11-3-5-13-41(35)44-15-7-8-16-45(44)47/h1-31H. The van der Waals surface area contributed by atoms with E-state index >= 15 is 0 Å². The molecule has 0 unspecified atom stereocenters. The molecule has 1 heterocycles. The molecule has 0 spiro atoms. The molecular weight excluding hydrogens is 647 g/mol. The van der Waals surface area contributed by atoms with Gasteiger partial charge in [0.25, 0.3) is 0 Å². The largest absolute Gasteiger partial charge is 0.310 e. The molecule has 0 fully saturated rings. The Labute approximate surface area is 305 Å². The molecule has 0 N–H and O–H groups in total. The Balaban J connectivity index is 1.10. The van der Waals surface area contributed by atoms with Crippen LogP contribution in [0.25, 0.3) is 85.2 Å². The minimum absolute atomic E-state index is 1.12. The maximum atomic E-state index is 2.42. The molecule has 0 amide bonds. The van der Waals surface area contributed by atoms with Crippen molar-refractivity contribution >= 4 is 102 Å². The molecule has 242 valence electrons. The van der Waals surface area contributed by atoms with Crippen LogP contribution in [0.5, 0.6) is 0 Å². The van der Waals surface area contributed by atoms with Crippen molar-refractivity contribution in [2.75, 3.05) is 4.90 Å². The Bertz CT molecular complexity index is 3190. The lowest BCUT2D eigenvalue weighted by Gasteiger charge is -2.26. The third-order valence-electron chi connectivity index (χ3n) is 10.8. The Morgan fingerprint density at radius 1 is 0.308 bits per heavy atom. The first-order valence-electron chi connectivity index (χ1n) is 17.8. The van der Waals surface area contributed by atoms with Crippen molar-refractivity contribution in [2.45, 2.75) is 0 Å². The van der Waals surface area contributed by atoms with Crippen LogP contribution in [-0.4, -0.2) is 0 Å². The van der Waals surface area contributed by atoms with Crippen molar-refractivity contribution in [2.24, 2.45) is 0 Å². The first-order chi connectivity index (χ1) is 25.8. The third-order valence-corrected chi connectivity index (χ3v) is 12.0. The summed E-state index contributed by atoms with van der Waals surface area (Å²) in [6, 6.07) is 69.3. The van der Waals surface area contributed by atoms with Gasteiger partial charge in [0.05, 0.1) is 0 Å². The van der Waals surface area contributed by atoms with Gasteiger partial charge >= 0.3 is 0 Å². The number of fused-ring (bicyclic) bond motifs is 11. The average molecular weight is 678 g/mol. The fraction of sp³-hybridized carbons (Fsp3) is 0. The molecule has 0 aliphatic heterocycles. The molecule has 0 bridgehead atoms. The van der Waals surface area contributed by atoms with Gasteiger partial charge in [0.2, 0.25) is 0 Å². The molecule has 0 aliphatic carbocycles. The van der Waals surface area contributed by atoms with E-state index in [4.69, 9.17) is 0 Å². The number of rotatable bonds is 4. The second kappa shape index (κ2) is 11.5. The summed E-state index contributed by atoms with van der Waals surface area (Å²) in [5, 5.41) is 15.4. The number of benzene rings is 10. The number of anilines is 3. The summed E-state index contributed by atoms with van der Waals surface area (Å²) < 4.78 is 2.65. The number of hydrogen-bond donors (Lipinski definition) is 0.